The smallest absolute Gasteiger partial charge is 0.120 e. The van der Waals surface area contributed by atoms with Gasteiger partial charge in [0.25, 0.3) is 0 Å². The maximum Gasteiger partial charge on any atom is 0.120 e. The van der Waals surface area contributed by atoms with Gasteiger partial charge in [0.1, 0.15) is 12.4 Å². The number of benzene rings is 2. The third-order valence-corrected chi connectivity index (χ3v) is 2.71. The van der Waals surface area contributed by atoms with Crippen LogP contribution in [0.25, 0.3) is 10.9 Å². The SMILES string of the molecule is [c]1cc2cc(OCc3ccccc3)ccc2[nH]1. The van der Waals surface area contributed by atoms with Crippen molar-refractivity contribution in [3.05, 3.63) is 66.4 Å². The van der Waals surface area contributed by atoms with E-state index in [0.29, 0.717) is 6.61 Å². The van der Waals surface area contributed by atoms with Crippen molar-refractivity contribution in [1.82, 2.24) is 4.98 Å². The van der Waals surface area contributed by atoms with Crippen molar-refractivity contribution in [2.24, 2.45) is 0 Å². The van der Waals surface area contributed by atoms with Crippen LogP contribution in [0.1, 0.15) is 5.56 Å². The van der Waals surface area contributed by atoms with Gasteiger partial charge in [-0.15, -0.1) is 0 Å². The van der Waals surface area contributed by atoms with Gasteiger partial charge in [0.2, 0.25) is 0 Å². The quantitative estimate of drug-likeness (QED) is 0.720. The number of H-pyrrole nitrogens is 1. The second-order valence-corrected chi connectivity index (χ2v) is 3.94. The van der Waals surface area contributed by atoms with Crippen LogP contribution in [0.4, 0.5) is 0 Å². The summed E-state index contributed by atoms with van der Waals surface area (Å²) in [4.78, 5) is 3.04. The Morgan fingerprint density at radius 2 is 1.94 bits per heavy atom. The molecule has 0 aliphatic carbocycles. The predicted octanol–water partition coefficient (Wildman–Crippen LogP) is 3.55. The Morgan fingerprint density at radius 1 is 1.06 bits per heavy atom. The van der Waals surface area contributed by atoms with E-state index >= 15 is 0 Å². The standard InChI is InChI=1S/C15H12NO/c1-2-4-12(5-3-1)11-17-14-6-7-15-13(10-14)8-9-16-15/h1-8,10,16H,11H2. The molecule has 0 saturated heterocycles. The molecule has 0 amide bonds. The number of nitrogens with one attached hydrogen (secondary N) is 1. The van der Waals surface area contributed by atoms with Crippen molar-refractivity contribution >= 4 is 10.9 Å². The second kappa shape index (κ2) is 4.34. The zero-order valence-electron chi connectivity index (χ0n) is 9.31. The van der Waals surface area contributed by atoms with Gasteiger partial charge in [-0.25, -0.2) is 0 Å². The van der Waals surface area contributed by atoms with E-state index in [1.165, 1.54) is 5.56 Å². The van der Waals surface area contributed by atoms with Crippen LogP contribution in [0, 0.1) is 6.20 Å². The van der Waals surface area contributed by atoms with Crippen LogP contribution in [0.2, 0.25) is 0 Å². The molecule has 0 aliphatic heterocycles. The number of rotatable bonds is 3. The fourth-order valence-electron chi connectivity index (χ4n) is 1.80. The van der Waals surface area contributed by atoms with Gasteiger partial charge in [-0.05, 0) is 29.8 Å². The Kier molecular flexibility index (Phi) is 2.54. The zero-order chi connectivity index (χ0) is 11.5. The summed E-state index contributed by atoms with van der Waals surface area (Å²) in [6.45, 7) is 0.598. The maximum atomic E-state index is 5.74. The largest absolute Gasteiger partial charge is 0.489 e. The normalized spacial score (nSPS) is 10.6. The molecule has 83 valence electrons. The number of aromatic nitrogens is 1. The molecule has 0 aliphatic rings. The van der Waals surface area contributed by atoms with E-state index in [9.17, 15) is 0 Å². The fraction of sp³-hybridized carbons (Fsp3) is 0.0667. The van der Waals surface area contributed by atoms with Crippen molar-refractivity contribution in [1.29, 1.82) is 0 Å². The van der Waals surface area contributed by atoms with Crippen LogP contribution in [0.3, 0.4) is 0 Å². The number of hydrogen-bond donors (Lipinski definition) is 1. The Labute approximate surface area is 99.9 Å². The van der Waals surface area contributed by atoms with Crippen molar-refractivity contribution in [3.63, 3.8) is 0 Å². The first-order chi connectivity index (χ1) is 8.42. The molecule has 0 atom stereocenters. The molecule has 17 heavy (non-hydrogen) atoms. The summed E-state index contributed by atoms with van der Waals surface area (Å²) in [5, 5.41) is 1.12. The Balaban J connectivity index is 1.76. The molecule has 2 aromatic carbocycles. The van der Waals surface area contributed by atoms with Gasteiger partial charge in [0.15, 0.2) is 0 Å². The predicted molar refractivity (Wildman–Crippen MR) is 67.9 cm³/mol. The Morgan fingerprint density at radius 3 is 2.82 bits per heavy atom. The molecule has 2 heteroatoms. The molecule has 1 N–H and O–H groups in total. The highest BCUT2D eigenvalue weighted by Crippen LogP contribution is 2.20. The number of ether oxygens (including phenoxy) is 1. The summed E-state index contributed by atoms with van der Waals surface area (Å²) < 4.78 is 5.74. The molecule has 0 unspecified atom stereocenters. The number of fused-ring (bicyclic) bond motifs is 1. The maximum absolute atomic E-state index is 5.74. The lowest BCUT2D eigenvalue weighted by Crippen LogP contribution is -1.94. The molecule has 1 heterocycles. The van der Waals surface area contributed by atoms with Gasteiger partial charge < -0.3 is 9.72 Å². The number of aromatic amines is 1. The first-order valence-corrected chi connectivity index (χ1v) is 5.57. The van der Waals surface area contributed by atoms with Gasteiger partial charge in [-0.3, -0.25) is 0 Å². The van der Waals surface area contributed by atoms with E-state index in [1.54, 1.807) is 0 Å². The van der Waals surface area contributed by atoms with Crippen molar-refractivity contribution < 1.29 is 4.74 Å². The first kappa shape index (κ1) is 9.97. The molecule has 1 radical (unpaired) electrons. The lowest BCUT2D eigenvalue weighted by atomic mass is 10.2. The molecule has 2 nitrogen and oxygen atoms in total. The molecular weight excluding hydrogens is 210 g/mol. The molecule has 3 rings (SSSR count). The summed E-state index contributed by atoms with van der Waals surface area (Å²) in [6, 6.07) is 18.1. The number of hydrogen-bond acceptors (Lipinski definition) is 1. The highest BCUT2D eigenvalue weighted by atomic mass is 16.5. The van der Waals surface area contributed by atoms with Crippen molar-refractivity contribution in [2.75, 3.05) is 0 Å². The van der Waals surface area contributed by atoms with E-state index in [-0.39, 0.29) is 0 Å². The lowest BCUT2D eigenvalue weighted by Gasteiger charge is -2.06. The molecule has 1 aromatic heterocycles. The van der Waals surface area contributed by atoms with E-state index in [4.69, 9.17) is 4.74 Å². The summed E-state index contributed by atoms with van der Waals surface area (Å²) in [7, 11) is 0. The minimum absolute atomic E-state index is 0.598. The van der Waals surface area contributed by atoms with Gasteiger partial charge in [0, 0.05) is 10.9 Å². The van der Waals surface area contributed by atoms with Gasteiger partial charge >= 0.3 is 0 Å². The van der Waals surface area contributed by atoms with Crippen molar-refractivity contribution in [3.8, 4) is 5.75 Å². The topological polar surface area (TPSA) is 25.0 Å². The molecule has 0 saturated carbocycles. The highest BCUT2D eigenvalue weighted by Gasteiger charge is 1.98. The van der Waals surface area contributed by atoms with Crippen LogP contribution in [0.5, 0.6) is 5.75 Å². The highest BCUT2D eigenvalue weighted by molar-refractivity contribution is 5.80. The average molecular weight is 222 g/mol. The minimum Gasteiger partial charge on any atom is -0.489 e. The third-order valence-electron chi connectivity index (χ3n) is 2.71. The van der Waals surface area contributed by atoms with Gasteiger partial charge in [0.05, 0.1) is 6.20 Å². The van der Waals surface area contributed by atoms with Gasteiger partial charge in [-0.2, -0.15) is 0 Å². The molecule has 0 bridgehead atoms. The van der Waals surface area contributed by atoms with E-state index in [1.807, 2.05) is 42.5 Å². The van der Waals surface area contributed by atoms with Crippen LogP contribution in [0.15, 0.2) is 54.6 Å². The fourth-order valence-corrected chi connectivity index (χ4v) is 1.80. The molecule has 3 aromatic rings. The van der Waals surface area contributed by atoms with Gasteiger partial charge in [-0.1, -0.05) is 30.3 Å². The lowest BCUT2D eigenvalue weighted by molar-refractivity contribution is 0.306. The van der Waals surface area contributed by atoms with Crippen LogP contribution in [-0.4, -0.2) is 4.98 Å². The van der Waals surface area contributed by atoms with Crippen LogP contribution >= 0.6 is 0 Å². The molecule has 0 fully saturated rings. The average Bonchev–Trinajstić information content (AvgIpc) is 2.85. The van der Waals surface area contributed by atoms with E-state index in [2.05, 4.69) is 23.3 Å². The van der Waals surface area contributed by atoms with E-state index in [0.717, 1.165) is 16.7 Å². The van der Waals surface area contributed by atoms with Crippen LogP contribution < -0.4 is 4.74 Å². The Hall–Kier alpha value is -2.22. The molecular formula is C15H12NO. The summed E-state index contributed by atoms with van der Waals surface area (Å²) in [5.41, 5.74) is 2.25. The zero-order valence-corrected chi connectivity index (χ0v) is 9.31. The van der Waals surface area contributed by atoms with E-state index < -0.39 is 0 Å². The second-order valence-electron chi connectivity index (χ2n) is 3.94. The van der Waals surface area contributed by atoms with Crippen molar-refractivity contribution in [2.45, 2.75) is 6.61 Å². The summed E-state index contributed by atoms with van der Waals surface area (Å²) >= 11 is 0. The first-order valence-electron chi connectivity index (χ1n) is 5.57. The van der Waals surface area contributed by atoms with Crippen LogP contribution in [-0.2, 0) is 6.61 Å². The monoisotopic (exact) mass is 222 g/mol. The summed E-state index contributed by atoms with van der Waals surface area (Å²) in [6.07, 6.45) is 2.96. The Bertz CT molecular complexity index is 613. The summed E-state index contributed by atoms with van der Waals surface area (Å²) in [5.74, 6) is 0.884. The minimum atomic E-state index is 0.598. The molecule has 0 spiro atoms. The third kappa shape index (κ3) is 2.16.